The maximum atomic E-state index is 13.3. The fourth-order valence-corrected chi connectivity index (χ4v) is 5.76. The van der Waals surface area contributed by atoms with E-state index in [0.29, 0.717) is 31.4 Å². The van der Waals surface area contributed by atoms with Crippen molar-refractivity contribution in [1.29, 1.82) is 0 Å². The summed E-state index contributed by atoms with van der Waals surface area (Å²) in [5.41, 5.74) is 3.63. The molecular weight excluding hydrogens is 438 g/mol. The number of aromatic nitrogens is 3. The average molecular weight is 470 g/mol. The first-order valence-electron chi connectivity index (χ1n) is 11.5. The van der Waals surface area contributed by atoms with Gasteiger partial charge in [-0.3, -0.25) is 4.79 Å². The highest BCUT2D eigenvalue weighted by molar-refractivity contribution is 7.89. The second-order valence-corrected chi connectivity index (χ2v) is 10.8. The summed E-state index contributed by atoms with van der Waals surface area (Å²) in [5.74, 6) is -0.473. The van der Waals surface area contributed by atoms with Gasteiger partial charge in [0.1, 0.15) is 5.52 Å². The van der Waals surface area contributed by atoms with E-state index in [1.54, 1.807) is 22.9 Å². The molecule has 0 bridgehead atoms. The predicted molar refractivity (Wildman–Crippen MR) is 127 cm³/mol. The van der Waals surface area contributed by atoms with Gasteiger partial charge >= 0.3 is 0 Å². The average Bonchev–Trinajstić information content (AvgIpc) is 3.26. The number of benzene rings is 2. The van der Waals surface area contributed by atoms with E-state index >= 15 is 0 Å². The third-order valence-corrected chi connectivity index (χ3v) is 8.08. The number of nitrogens with one attached hydrogen (secondary N) is 1. The summed E-state index contributed by atoms with van der Waals surface area (Å²) >= 11 is 0. The molecule has 1 aliphatic rings. The Labute approximate surface area is 195 Å². The van der Waals surface area contributed by atoms with Crippen molar-refractivity contribution in [2.24, 2.45) is 5.92 Å². The normalized spacial score (nSPS) is 17.5. The first-order valence-corrected chi connectivity index (χ1v) is 12.9. The number of rotatable bonds is 7. The Morgan fingerprint density at radius 3 is 2.58 bits per heavy atom. The molecule has 3 aromatic rings. The van der Waals surface area contributed by atoms with Gasteiger partial charge in [0, 0.05) is 25.7 Å². The highest BCUT2D eigenvalue weighted by Crippen LogP contribution is 2.26. The zero-order valence-corrected chi connectivity index (χ0v) is 20.2. The Kier molecular flexibility index (Phi) is 6.81. The molecule has 1 amide bonds. The first-order chi connectivity index (χ1) is 15.8. The van der Waals surface area contributed by atoms with Crippen molar-refractivity contribution in [3.05, 3.63) is 53.6 Å². The maximum Gasteiger partial charge on any atom is 0.243 e. The molecule has 1 aliphatic heterocycles. The van der Waals surface area contributed by atoms with E-state index in [9.17, 15) is 13.2 Å². The fourth-order valence-electron chi connectivity index (χ4n) is 4.21. The second-order valence-electron chi connectivity index (χ2n) is 8.87. The number of fused-ring (bicyclic) bond motifs is 1. The lowest BCUT2D eigenvalue weighted by Crippen LogP contribution is -2.45. The minimum absolute atomic E-state index is 0.107. The van der Waals surface area contributed by atoms with Crippen LogP contribution in [0.4, 0.5) is 0 Å². The third kappa shape index (κ3) is 4.94. The number of nitrogens with zero attached hydrogens (tertiary/aromatic N) is 4. The molecule has 2 aromatic carbocycles. The van der Waals surface area contributed by atoms with Crippen LogP contribution >= 0.6 is 0 Å². The van der Waals surface area contributed by atoms with E-state index in [4.69, 9.17) is 0 Å². The number of aryl methyl sites for hydroxylation is 1. The van der Waals surface area contributed by atoms with E-state index in [1.807, 2.05) is 26.0 Å². The minimum Gasteiger partial charge on any atom is -0.352 e. The van der Waals surface area contributed by atoms with E-state index in [1.165, 1.54) is 9.87 Å². The number of sulfonamides is 1. The maximum absolute atomic E-state index is 13.3. The van der Waals surface area contributed by atoms with Gasteiger partial charge in [0.25, 0.3) is 0 Å². The van der Waals surface area contributed by atoms with Gasteiger partial charge in [-0.2, -0.15) is 4.31 Å². The molecule has 1 saturated heterocycles. The van der Waals surface area contributed by atoms with Crippen LogP contribution in [0.3, 0.4) is 0 Å². The topological polar surface area (TPSA) is 97.2 Å². The summed E-state index contributed by atoms with van der Waals surface area (Å²) in [6.07, 6.45) is 2.30. The second kappa shape index (κ2) is 9.61. The molecule has 1 atom stereocenters. The van der Waals surface area contributed by atoms with Crippen LogP contribution < -0.4 is 5.32 Å². The first kappa shape index (κ1) is 23.4. The highest BCUT2D eigenvalue weighted by atomic mass is 32.2. The van der Waals surface area contributed by atoms with Crippen LogP contribution in [-0.4, -0.2) is 46.7 Å². The minimum atomic E-state index is -3.73. The van der Waals surface area contributed by atoms with E-state index in [2.05, 4.69) is 34.7 Å². The lowest BCUT2D eigenvalue weighted by atomic mass is 9.98. The van der Waals surface area contributed by atoms with Crippen molar-refractivity contribution in [3.63, 3.8) is 0 Å². The molecule has 4 rings (SSSR count). The molecule has 33 heavy (non-hydrogen) atoms. The number of carbonyl (C=O) groups is 1. The Hall–Kier alpha value is -2.78. The molecule has 1 N–H and O–H groups in total. The van der Waals surface area contributed by atoms with Gasteiger partial charge in [-0.25, -0.2) is 13.1 Å². The molecule has 0 aliphatic carbocycles. The molecular formula is C24H31N5O3S. The van der Waals surface area contributed by atoms with Gasteiger partial charge in [0.15, 0.2) is 0 Å². The van der Waals surface area contributed by atoms with Crippen molar-refractivity contribution >= 4 is 27.0 Å². The predicted octanol–water partition coefficient (Wildman–Crippen LogP) is 3.29. The van der Waals surface area contributed by atoms with Crippen molar-refractivity contribution in [2.45, 2.75) is 57.5 Å². The van der Waals surface area contributed by atoms with Crippen LogP contribution in [0.2, 0.25) is 0 Å². The molecule has 1 fully saturated rings. The van der Waals surface area contributed by atoms with Crippen LogP contribution in [0.1, 0.15) is 50.8 Å². The molecule has 1 aromatic heterocycles. The van der Waals surface area contributed by atoms with E-state index in [0.717, 1.165) is 17.5 Å². The lowest BCUT2D eigenvalue weighted by molar-refractivity contribution is -0.126. The van der Waals surface area contributed by atoms with Crippen LogP contribution in [0.15, 0.2) is 47.4 Å². The third-order valence-electron chi connectivity index (χ3n) is 6.22. The van der Waals surface area contributed by atoms with Crippen molar-refractivity contribution < 1.29 is 13.2 Å². The van der Waals surface area contributed by atoms with Gasteiger partial charge in [0.2, 0.25) is 15.9 Å². The largest absolute Gasteiger partial charge is 0.352 e. The number of piperidine rings is 1. The quantitative estimate of drug-likeness (QED) is 0.573. The molecule has 9 heteroatoms. The zero-order valence-electron chi connectivity index (χ0n) is 19.4. The summed E-state index contributed by atoms with van der Waals surface area (Å²) in [6, 6.07) is 13.2. The zero-order chi connectivity index (χ0) is 23.6. The highest BCUT2D eigenvalue weighted by Gasteiger charge is 2.33. The van der Waals surface area contributed by atoms with Crippen LogP contribution in [0.25, 0.3) is 11.0 Å². The van der Waals surface area contributed by atoms with Crippen molar-refractivity contribution in [2.75, 3.05) is 13.1 Å². The van der Waals surface area contributed by atoms with Crippen LogP contribution in [0, 0.1) is 5.92 Å². The Morgan fingerprint density at radius 2 is 1.88 bits per heavy atom. The summed E-state index contributed by atoms with van der Waals surface area (Å²) < 4.78 is 29.8. The van der Waals surface area contributed by atoms with Gasteiger partial charge in [-0.15, -0.1) is 5.10 Å². The number of carbonyl (C=O) groups excluding carboxylic acids is 1. The Bertz CT molecular complexity index is 1230. The molecule has 176 valence electrons. The SMILES string of the molecule is CCc1ccc(CNC(=O)C2CCCN(S(=O)(=O)c3ccc4c(c3)nnn4C(C)C)C2)cc1. The number of hydrogen-bond donors (Lipinski definition) is 1. The Morgan fingerprint density at radius 1 is 1.15 bits per heavy atom. The van der Waals surface area contributed by atoms with Gasteiger partial charge < -0.3 is 5.32 Å². The van der Waals surface area contributed by atoms with Crippen molar-refractivity contribution in [3.8, 4) is 0 Å². The number of amides is 1. The molecule has 1 unspecified atom stereocenters. The van der Waals surface area contributed by atoms with Crippen LogP contribution in [0.5, 0.6) is 0 Å². The summed E-state index contributed by atoms with van der Waals surface area (Å²) in [6.45, 7) is 7.12. The standard InChI is InChI=1S/C24H31N5O3S/c1-4-18-7-9-19(10-8-18)15-25-24(30)20-6-5-13-28(16-20)33(31,32)21-11-12-23-22(14-21)26-27-29(23)17(2)3/h7-12,14,17,20H,4-6,13,15-16H2,1-3H3,(H,25,30). The van der Waals surface area contributed by atoms with Crippen LogP contribution in [-0.2, 0) is 27.8 Å². The lowest BCUT2D eigenvalue weighted by Gasteiger charge is -2.31. The van der Waals surface area contributed by atoms with Gasteiger partial charge in [-0.05, 0) is 62.4 Å². The van der Waals surface area contributed by atoms with Gasteiger partial charge in [-0.1, -0.05) is 36.4 Å². The molecule has 0 saturated carbocycles. The monoisotopic (exact) mass is 469 g/mol. The smallest absolute Gasteiger partial charge is 0.243 e. The number of hydrogen-bond acceptors (Lipinski definition) is 5. The van der Waals surface area contributed by atoms with E-state index in [-0.39, 0.29) is 29.3 Å². The molecule has 0 radical (unpaired) electrons. The summed E-state index contributed by atoms with van der Waals surface area (Å²) in [7, 11) is -3.73. The molecule has 0 spiro atoms. The Balaban J connectivity index is 1.44. The summed E-state index contributed by atoms with van der Waals surface area (Å²) in [5, 5.41) is 11.2. The van der Waals surface area contributed by atoms with Gasteiger partial charge in [0.05, 0.1) is 16.3 Å². The molecule has 2 heterocycles. The van der Waals surface area contributed by atoms with E-state index < -0.39 is 10.0 Å². The van der Waals surface area contributed by atoms with Crippen molar-refractivity contribution in [1.82, 2.24) is 24.6 Å². The fraction of sp³-hybridized carbons (Fsp3) is 0.458. The summed E-state index contributed by atoms with van der Waals surface area (Å²) in [4.78, 5) is 13.0. The molecule has 8 nitrogen and oxygen atoms in total.